The lowest BCUT2D eigenvalue weighted by molar-refractivity contribution is -0.112. The van der Waals surface area contributed by atoms with Crippen molar-refractivity contribution in [2.45, 2.75) is 13.8 Å². The number of ketones is 1. The molecule has 20 heavy (non-hydrogen) atoms. The van der Waals surface area contributed by atoms with E-state index in [2.05, 4.69) is 5.32 Å². The first-order valence-electron chi connectivity index (χ1n) is 6.16. The van der Waals surface area contributed by atoms with E-state index >= 15 is 0 Å². The van der Waals surface area contributed by atoms with Crippen LogP contribution < -0.4 is 5.32 Å². The molecule has 0 aliphatic heterocycles. The van der Waals surface area contributed by atoms with Crippen LogP contribution in [-0.2, 0) is 4.79 Å². The fourth-order valence-electron chi connectivity index (χ4n) is 1.86. The Morgan fingerprint density at radius 3 is 2.50 bits per heavy atom. The van der Waals surface area contributed by atoms with Gasteiger partial charge in [0.2, 0.25) is 0 Å². The number of nitrogens with one attached hydrogen (secondary N) is 1. The molecule has 3 nitrogen and oxygen atoms in total. The number of halogens is 1. The Labute approximate surface area is 116 Å². The summed E-state index contributed by atoms with van der Waals surface area (Å²) in [5, 5.41) is 2.40. The van der Waals surface area contributed by atoms with Crippen molar-refractivity contribution in [1.29, 1.82) is 0 Å². The zero-order valence-electron chi connectivity index (χ0n) is 11.2. The molecule has 1 amide bonds. The molecule has 4 heteroatoms. The maximum absolute atomic E-state index is 13.0. The summed E-state index contributed by atoms with van der Waals surface area (Å²) in [7, 11) is 0. The molecule has 0 heterocycles. The highest BCUT2D eigenvalue weighted by molar-refractivity contribution is 6.46. The van der Waals surface area contributed by atoms with E-state index in [-0.39, 0.29) is 5.69 Å². The molecule has 0 aliphatic rings. The van der Waals surface area contributed by atoms with Gasteiger partial charge in [-0.15, -0.1) is 0 Å². The second kappa shape index (κ2) is 5.65. The van der Waals surface area contributed by atoms with Gasteiger partial charge >= 0.3 is 0 Å². The maximum Gasteiger partial charge on any atom is 0.296 e. The van der Waals surface area contributed by atoms with E-state index in [1.807, 2.05) is 13.0 Å². The second-order valence-electron chi connectivity index (χ2n) is 4.61. The normalized spacial score (nSPS) is 10.2. The van der Waals surface area contributed by atoms with Crippen LogP contribution in [0.5, 0.6) is 0 Å². The number of carbonyl (C=O) groups is 2. The third kappa shape index (κ3) is 3.09. The molecule has 1 N–H and O–H groups in total. The molecule has 102 valence electrons. The highest BCUT2D eigenvalue weighted by atomic mass is 19.1. The minimum atomic E-state index is -0.774. The van der Waals surface area contributed by atoms with Gasteiger partial charge in [-0.25, -0.2) is 4.39 Å². The molecule has 2 aromatic rings. The predicted molar refractivity (Wildman–Crippen MR) is 75.3 cm³/mol. The Hall–Kier alpha value is -2.49. The Bertz CT molecular complexity index is 680. The molecule has 2 aromatic carbocycles. The molecule has 0 aliphatic carbocycles. The van der Waals surface area contributed by atoms with Crippen LogP contribution in [0.25, 0.3) is 0 Å². The van der Waals surface area contributed by atoms with Crippen molar-refractivity contribution in [3.63, 3.8) is 0 Å². The lowest BCUT2D eigenvalue weighted by Crippen LogP contribution is -2.23. The zero-order chi connectivity index (χ0) is 14.7. The maximum atomic E-state index is 13.0. The van der Waals surface area contributed by atoms with Gasteiger partial charge in [0.15, 0.2) is 0 Å². The van der Waals surface area contributed by atoms with E-state index in [0.29, 0.717) is 5.56 Å². The molecule has 0 radical (unpaired) electrons. The lowest BCUT2D eigenvalue weighted by Gasteiger charge is -2.07. The first-order valence-corrected chi connectivity index (χ1v) is 6.16. The Kier molecular flexibility index (Phi) is 3.94. The summed E-state index contributed by atoms with van der Waals surface area (Å²) in [5.41, 5.74) is 2.25. The molecule has 0 fully saturated rings. The highest BCUT2D eigenvalue weighted by Crippen LogP contribution is 2.14. The summed E-state index contributed by atoms with van der Waals surface area (Å²) in [5.74, 6) is -1.87. The summed E-state index contributed by atoms with van der Waals surface area (Å²) in [6, 6.07) is 10.7. The van der Waals surface area contributed by atoms with E-state index in [1.165, 1.54) is 18.2 Å². The molecule has 0 spiro atoms. The van der Waals surface area contributed by atoms with Gasteiger partial charge in [0.1, 0.15) is 5.82 Å². The van der Waals surface area contributed by atoms with Crippen molar-refractivity contribution in [2.24, 2.45) is 0 Å². The van der Waals surface area contributed by atoms with Crippen molar-refractivity contribution >= 4 is 17.4 Å². The minimum absolute atomic E-state index is 0.258. The Morgan fingerprint density at radius 2 is 1.80 bits per heavy atom. The summed E-state index contributed by atoms with van der Waals surface area (Å²) in [4.78, 5) is 24.0. The van der Waals surface area contributed by atoms with Crippen LogP contribution in [0.3, 0.4) is 0 Å². The van der Waals surface area contributed by atoms with Gasteiger partial charge in [0.25, 0.3) is 11.7 Å². The van der Waals surface area contributed by atoms with Gasteiger partial charge in [-0.05, 0) is 43.7 Å². The molecular weight excluding hydrogens is 257 g/mol. The predicted octanol–water partition coefficient (Wildman–Crippen LogP) is 3.26. The summed E-state index contributed by atoms with van der Waals surface area (Å²) in [6.07, 6.45) is 0. The molecule has 2 rings (SSSR count). The van der Waals surface area contributed by atoms with Crippen LogP contribution in [0.4, 0.5) is 10.1 Å². The number of carbonyl (C=O) groups excluding carboxylic acids is 2. The van der Waals surface area contributed by atoms with Crippen LogP contribution >= 0.6 is 0 Å². The van der Waals surface area contributed by atoms with E-state index in [0.717, 1.165) is 17.2 Å². The summed E-state index contributed by atoms with van der Waals surface area (Å²) >= 11 is 0. The standard InChI is InChI=1S/C16H14FNO2/c1-10-6-7-11(2)14(8-10)15(19)16(20)18-13-5-3-4-12(17)9-13/h3-9H,1-2H3,(H,18,20). The third-order valence-corrected chi connectivity index (χ3v) is 2.93. The number of hydrogen-bond donors (Lipinski definition) is 1. The average Bonchev–Trinajstić information content (AvgIpc) is 2.40. The van der Waals surface area contributed by atoms with Crippen LogP contribution in [0.15, 0.2) is 42.5 Å². The first-order chi connectivity index (χ1) is 9.47. The second-order valence-corrected chi connectivity index (χ2v) is 4.61. The van der Waals surface area contributed by atoms with Crippen LogP contribution in [-0.4, -0.2) is 11.7 Å². The van der Waals surface area contributed by atoms with Crippen molar-refractivity contribution in [2.75, 3.05) is 5.32 Å². The minimum Gasteiger partial charge on any atom is -0.319 e. The Balaban J connectivity index is 2.21. The van der Waals surface area contributed by atoms with Crippen LogP contribution in [0.2, 0.25) is 0 Å². The van der Waals surface area contributed by atoms with Gasteiger partial charge in [-0.2, -0.15) is 0 Å². The average molecular weight is 271 g/mol. The summed E-state index contributed by atoms with van der Waals surface area (Å²) in [6.45, 7) is 3.61. The number of benzene rings is 2. The van der Waals surface area contributed by atoms with E-state index in [4.69, 9.17) is 0 Å². The largest absolute Gasteiger partial charge is 0.319 e. The van der Waals surface area contributed by atoms with Gasteiger partial charge in [0, 0.05) is 11.3 Å². The number of anilines is 1. The van der Waals surface area contributed by atoms with Crippen molar-refractivity contribution < 1.29 is 14.0 Å². The zero-order valence-corrected chi connectivity index (χ0v) is 11.2. The molecule has 0 saturated heterocycles. The SMILES string of the molecule is Cc1ccc(C)c(C(=O)C(=O)Nc2cccc(F)c2)c1. The number of hydrogen-bond acceptors (Lipinski definition) is 2. The van der Waals surface area contributed by atoms with Crippen LogP contribution in [0.1, 0.15) is 21.5 Å². The number of aryl methyl sites for hydroxylation is 2. The third-order valence-electron chi connectivity index (χ3n) is 2.93. The van der Waals surface area contributed by atoms with Crippen molar-refractivity contribution in [1.82, 2.24) is 0 Å². The smallest absolute Gasteiger partial charge is 0.296 e. The van der Waals surface area contributed by atoms with E-state index < -0.39 is 17.5 Å². The molecule has 0 bridgehead atoms. The lowest BCUT2D eigenvalue weighted by atomic mass is 10.0. The number of Topliss-reactive ketones (excluding diaryl/α,β-unsaturated/α-hetero) is 1. The molecule has 0 unspecified atom stereocenters. The molecule has 0 atom stereocenters. The number of amides is 1. The number of rotatable bonds is 3. The summed E-state index contributed by atoms with van der Waals surface area (Å²) < 4.78 is 13.0. The van der Waals surface area contributed by atoms with Gasteiger partial charge in [-0.3, -0.25) is 9.59 Å². The fraction of sp³-hybridized carbons (Fsp3) is 0.125. The van der Waals surface area contributed by atoms with E-state index in [1.54, 1.807) is 19.1 Å². The van der Waals surface area contributed by atoms with Crippen molar-refractivity contribution in [3.8, 4) is 0 Å². The molecular formula is C16H14FNO2. The van der Waals surface area contributed by atoms with Gasteiger partial charge < -0.3 is 5.32 Å². The molecule has 0 saturated carbocycles. The fourth-order valence-corrected chi connectivity index (χ4v) is 1.86. The molecule has 0 aromatic heterocycles. The van der Waals surface area contributed by atoms with Gasteiger partial charge in [-0.1, -0.05) is 23.8 Å². The van der Waals surface area contributed by atoms with Crippen molar-refractivity contribution in [3.05, 3.63) is 65.0 Å². The van der Waals surface area contributed by atoms with Gasteiger partial charge in [0.05, 0.1) is 0 Å². The first kappa shape index (κ1) is 13.9. The monoisotopic (exact) mass is 271 g/mol. The quantitative estimate of drug-likeness (QED) is 0.688. The van der Waals surface area contributed by atoms with Crippen LogP contribution in [0, 0.1) is 19.7 Å². The topological polar surface area (TPSA) is 46.2 Å². The van der Waals surface area contributed by atoms with E-state index in [9.17, 15) is 14.0 Å². The Morgan fingerprint density at radius 1 is 1.05 bits per heavy atom. The highest BCUT2D eigenvalue weighted by Gasteiger charge is 2.18.